The summed E-state index contributed by atoms with van der Waals surface area (Å²) in [4.78, 5) is 37.3. The van der Waals surface area contributed by atoms with Crippen LogP contribution in [0.3, 0.4) is 0 Å². The average molecular weight is 353 g/mol. The molecule has 7 nitrogen and oxygen atoms in total. The van der Waals surface area contributed by atoms with Gasteiger partial charge in [-0.2, -0.15) is 0 Å². The van der Waals surface area contributed by atoms with Crippen molar-refractivity contribution in [3.63, 3.8) is 0 Å². The number of hydrogen-bond donors (Lipinski definition) is 1. The smallest absolute Gasteiger partial charge is 0.272 e. The molecule has 1 aliphatic rings. The number of amides is 2. The summed E-state index contributed by atoms with van der Waals surface area (Å²) in [5, 5.41) is 2.82. The Morgan fingerprint density at radius 1 is 1.04 bits per heavy atom. The number of aromatic nitrogens is 2. The number of piperazine rings is 1. The lowest BCUT2D eigenvalue weighted by molar-refractivity contribution is 0.0740. The highest BCUT2D eigenvalue weighted by Crippen LogP contribution is 2.14. The van der Waals surface area contributed by atoms with Gasteiger partial charge < -0.3 is 15.1 Å². The van der Waals surface area contributed by atoms with Gasteiger partial charge in [-0.15, -0.1) is 0 Å². The summed E-state index contributed by atoms with van der Waals surface area (Å²) in [6.07, 6.45) is 3.27. The van der Waals surface area contributed by atoms with Crippen molar-refractivity contribution in [3.05, 3.63) is 54.0 Å². The van der Waals surface area contributed by atoms with Crippen LogP contribution in [-0.2, 0) is 0 Å². The number of hydrogen-bond acceptors (Lipinski definition) is 5. The second kappa shape index (κ2) is 7.95. The maximum atomic E-state index is 12.7. The van der Waals surface area contributed by atoms with Crippen LogP contribution in [0.2, 0.25) is 0 Å². The van der Waals surface area contributed by atoms with Gasteiger partial charge in [-0.05, 0) is 38.1 Å². The fourth-order valence-electron chi connectivity index (χ4n) is 2.88. The molecule has 0 saturated carbocycles. The second-order valence-electron chi connectivity index (χ2n) is 6.53. The summed E-state index contributed by atoms with van der Waals surface area (Å²) < 4.78 is 0. The molecule has 0 aliphatic carbocycles. The van der Waals surface area contributed by atoms with E-state index in [4.69, 9.17) is 0 Å². The van der Waals surface area contributed by atoms with Crippen LogP contribution >= 0.6 is 0 Å². The molecule has 1 aliphatic heterocycles. The van der Waals surface area contributed by atoms with E-state index in [1.54, 1.807) is 23.2 Å². The van der Waals surface area contributed by atoms with Crippen molar-refractivity contribution in [2.75, 3.05) is 31.1 Å². The van der Waals surface area contributed by atoms with Gasteiger partial charge in [-0.1, -0.05) is 6.07 Å². The fraction of sp³-hybridized carbons (Fsp3) is 0.368. The fourth-order valence-corrected chi connectivity index (χ4v) is 2.88. The molecule has 0 atom stereocenters. The average Bonchev–Trinajstić information content (AvgIpc) is 2.68. The minimum atomic E-state index is -0.198. The summed E-state index contributed by atoms with van der Waals surface area (Å²) in [5.41, 5.74) is 0.747. The number of rotatable bonds is 4. The molecule has 3 heterocycles. The van der Waals surface area contributed by atoms with Crippen molar-refractivity contribution in [2.45, 2.75) is 19.9 Å². The Labute approximate surface area is 153 Å². The Morgan fingerprint density at radius 2 is 1.81 bits per heavy atom. The Kier molecular flexibility index (Phi) is 5.46. The maximum absolute atomic E-state index is 12.7. The molecule has 0 unspecified atom stereocenters. The van der Waals surface area contributed by atoms with Crippen molar-refractivity contribution in [3.8, 4) is 0 Å². The number of anilines is 1. The Hall–Kier alpha value is -2.96. The molecule has 2 aromatic rings. The van der Waals surface area contributed by atoms with Gasteiger partial charge >= 0.3 is 0 Å². The van der Waals surface area contributed by atoms with Crippen LogP contribution in [0.25, 0.3) is 0 Å². The van der Waals surface area contributed by atoms with Gasteiger partial charge in [0.1, 0.15) is 11.5 Å². The van der Waals surface area contributed by atoms with E-state index >= 15 is 0 Å². The van der Waals surface area contributed by atoms with Crippen LogP contribution in [0.5, 0.6) is 0 Å². The number of carbonyl (C=O) groups excluding carboxylic acids is 2. The Morgan fingerprint density at radius 3 is 2.46 bits per heavy atom. The van der Waals surface area contributed by atoms with Crippen LogP contribution < -0.4 is 10.2 Å². The van der Waals surface area contributed by atoms with Crippen LogP contribution in [0, 0.1) is 0 Å². The molecule has 2 aromatic heterocycles. The first-order valence-corrected chi connectivity index (χ1v) is 8.77. The molecule has 0 aromatic carbocycles. The van der Waals surface area contributed by atoms with E-state index in [0.717, 1.165) is 18.9 Å². The monoisotopic (exact) mass is 353 g/mol. The van der Waals surface area contributed by atoms with E-state index in [2.05, 4.69) is 20.2 Å². The lowest BCUT2D eigenvalue weighted by Gasteiger charge is -2.35. The van der Waals surface area contributed by atoms with Crippen LogP contribution in [0.1, 0.15) is 34.7 Å². The molecular formula is C19H23N5O2. The molecule has 3 rings (SSSR count). The van der Waals surface area contributed by atoms with Crippen molar-refractivity contribution in [2.24, 2.45) is 0 Å². The standard InChI is InChI=1S/C19H23N5O2/c1-14(2)22-18(25)15-6-8-20-16(13-15)19(26)24-11-9-23(10-12-24)17-5-3-4-7-21-17/h3-8,13-14H,9-12H2,1-2H3,(H,22,25). The van der Waals surface area contributed by atoms with E-state index in [1.165, 1.54) is 6.20 Å². The summed E-state index contributed by atoms with van der Waals surface area (Å²) in [6.45, 7) is 6.42. The molecule has 1 fully saturated rings. The third kappa shape index (κ3) is 4.17. The molecule has 0 bridgehead atoms. The van der Waals surface area contributed by atoms with Crippen LogP contribution in [-0.4, -0.2) is 58.9 Å². The summed E-state index contributed by atoms with van der Waals surface area (Å²) in [6, 6.07) is 9.03. The van der Waals surface area contributed by atoms with Gasteiger partial charge in [0.2, 0.25) is 0 Å². The van der Waals surface area contributed by atoms with Gasteiger partial charge in [0, 0.05) is 50.2 Å². The Balaban J connectivity index is 1.64. The SMILES string of the molecule is CC(C)NC(=O)c1ccnc(C(=O)N2CCN(c3ccccn3)CC2)c1. The van der Waals surface area contributed by atoms with Crippen LogP contribution in [0.15, 0.2) is 42.7 Å². The van der Waals surface area contributed by atoms with E-state index < -0.39 is 0 Å². The minimum absolute atomic E-state index is 0.0366. The van der Waals surface area contributed by atoms with E-state index in [-0.39, 0.29) is 17.9 Å². The first kappa shape index (κ1) is 17.8. The zero-order valence-electron chi connectivity index (χ0n) is 15.1. The molecule has 136 valence electrons. The van der Waals surface area contributed by atoms with Crippen molar-refractivity contribution >= 4 is 17.6 Å². The third-order valence-corrected chi connectivity index (χ3v) is 4.20. The highest BCUT2D eigenvalue weighted by molar-refractivity contribution is 5.98. The van der Waals surface area contributed by atoms with Gasteiger partial charge in [0.15, 0.2) is 0 Å². The third-order valence-electron chi connectivity index (χ3n) is 4.20. The van der Waals surface area contributed by atoms with Crippen LogP contribution in [0.4, 0.5) is 5.82 Å². The molecule has 1 N–H and O–H groups in total. The predicted octanol–water partition coefficient (Wildman–Crippen LogP) is 1.58. The van der Waals surface area contributed by atoms with E-state index in [1.807, 2.05) is 32.0 Å². The molecule has 26 heavy (non-hydrogen) atoms. The molecular weight excluding hydrogens is 330 g/mol. The number of pyridine rings is 2. The van der Waals surface area contributed by atoms with Gasteiger partial charge in [-0.25, -0.2) is 4.98 Å². The molecule has 2 amide bonds. The van der Waals surface area contributed by atoms with E-state index in [9.17, 15) is 9.59 Å². The lowest BCUT2D eigenvalue weighted by atomic mass is 10.2. The predicted molar refractivity (Wildman–Crippen MR) is 99.2 cm³/mol. The van der Waals surface area contributed by atoms with E-state index in [0.29, 0.717) is 24.3 Å². The molecule has 0 spiro atoms. The minimum Gasteiger partial charge on any atom is -0.353 e. The van der Waals surface area contributed by atoms with Gasteiger partial charge in [0.25, 0.3) is 11.8 Å². The molecule has 7 heteroatoms. The summed E-state index contributed by atoms with van der Waals surface area (Å²) in [7, 11) is 0. The summed E-state index contributed by atoms with van der Waals surface area (Å²) >= 11 is 0. The highest BCUT2D eigenvalue weighted by Gasteiger charge is 2.24. The first-order valence-electron chi connectivity index (χ1n) is 8.77. The molecule has 0 radical (unpaired) electrons. The first-order chi connectivity index (χ1) is 12.5. The van der Waals surface area contributed by atoms with Crippen molar-refractivity contribution in [1.82, 2.24) is 20.2 Å². The zero-order chi connectivity index (χ0) is 18.5. The maximum Gasteiger partial charge on any atom is 0.272 e. The quantitative estimate of drug-likeness (QED) is 0.903. The zero-order valence-corrected chi connectivity index (χ0v) is 15.1. The normalized spacial score (nSPS) is 14.4. The summed E-state index contributed by atoms with van der Waals surface area (Å²) in [5.74, 6) is 0.575. The topological polar surface area (TPSA) is 78.4 Å². The van der Waals surface area contributed by atoms with Crippen molar-refractivity contribution < 1.29 is 9.59 Å². The second-order valence-corrected chi connectivity index (χ2v) is 6.53. The number of nitrogens with zero attached hydrogens (tertiary/aromatic N) is 4. The van der Waals surface area contributed by atoms with Gasteiger partial charge in [0.05, 0.1) is 0 Å². The largest absolute Gasteiger partial charge is 0.353 e. The van der Waals surface area contributed by atoms with Crippen molar-refractivity contribution in [1.29, 1.82) is 0 Å². The highest BCUT2D eigenvalue weighted by atomic mass is 16.2. The lowest BCUT2D eigenvalue weighted by Crippen LogP contribution is -2.49. The van der Waals surface area contributed by atoms with Gasteiger partial charge in [-0.3, -0.25) is 14.6 Å². The Bertz CT molecular complexity index is 771. The molecule has 1 saturated heterocycles. The number of nitrogens with one attached hydrogen (secondary N) is 1. The number of carbonyl (C=O) groups is 2.